The van der Waals surface area contributed by atoms with E-state index in [0.29, 0.717) is 18.8 Å². The lowest BCUT2D eigenvalue weighted by Gasteiger charge is -2.26. The minimum Gasteiger partial charge on any atom is -0.325 e. The van der Waals surface area contributed by atoms with Crippen molar-refractivity contribution in [1.82, 2.24) is 4.31 Å². The summed E-state index contributed by atoms with van der Waals surface area (Å²) < 4.78 is 27.6. The number of hydrogen-bond acceptors (Lipinski definition) is 3. The van der Waals surface area contributed by atoms with Gasteiger partial charge in [-0.05, 0) is 49.4 Å². The maximum absolute atomic E-state index is 13.0. The van der Waals surface area contributed by atoms with E-state index in [2.05, 4.69) is 12.2 Å². The van der Waals surface area contributed by atoms with E-state index in [1.54, 1.807) is 22.5 Å². The molecule has 6 heteroatoms. The highest BCUT2D eigenvalue weighted by molar-refractivity contribution is 7.89. The average Bonchev–Trinajstić information content (AvgIpc) is 2.74. The van der Waals surface area contributed by atoms with Crippen LogP contribution in [-0.4, -0.2) is 31.7 Å². The first-order valence-corrected chi connectivity index (χ1v) is 11.8. The molecular weight excluding hydrogens is 384 g/mol. The number of sulfonamides is 1. The number of anilines is 1. The Balaban J connectivity index is 1.85. The van der Waals surface area contributed by atoms with Crippen LogP contribution in [-0.2, 0) is 14.8 Å². The highest BCUT2D eigenvalue weighted by Gasteiger charge is 2.27. The molecule has 1 atom stereocenters. The van der Waals surface area contributed by atoms with Gasteiger partial charge in [-0.25, -0.2) is 8.42 Å². The number of piperidine rings is 1. The Morgan fingerprint density at radius 1 is 1.07 bits per heavy atom. The Kier molecular flexibility index (Phi) is 7.09. The number of nitrogens with one attached hydrogen (secondary N) is 1. The zero-order chi connectivity index (χ0) is 20.9. The molecular formula is C23H30N2O3S. The molecule has 0 aliphatic carbocycles. The highest BCUT2D eigenvalue weighted by atomic mass is 32.2. The molecule has 1 N–H and O–H groups in total. The van der Waals surface area contributed by atoms with E-state index in [-0.39, 0.29) is 16.7 Å². The zero-order valence-electron chi connectivity index (χ0n) is 17.2. The van der Waals surface area contributed by atoms with Gasteiger partial charge in [-0.15, -0.1) is 0 Å². The molecule has 5 nitrogen and oxygen atoms in total. The third-order valence-electron chi connectivity index (χ3n) is 5.52. The van der Waals surface area contributed by atoms with E-state index < -0.39 is 10.0 Å². The van der Waals surface area contributed by atoms with E-state index >= 15 is 0 Å². The molecule has 0 radical (unpaired) electrons. The maximum Gasteiger partial charge on any atom is 0.243 e. The topological polar surface area (TPSA) is 66.5 Å². The van der Waals surface area contributed by atoms with Gasteiger partial charge in [0.1, 0.15) is 0 Å². The predicted octanol–water partition coefficient (Wildman–Crippen LogP) is 4.69. The smallest absolute Gasteiger partial charge is 0.243 e. The molecule has 0 spiro atoms. The van der Waals surface area contributed by atoms with Gasteiger partial charge in [-0.3, -0.25) is 4.79 Å². The summed E-state index contributed by atoms with van der Waals surface area (Å²) in [5.74, 6) is -0.364. The monoisotopic (exact) mass is 414 g/mol. The molecule has 1 amide bonds. The zero-order valence-corrected chi connectivity index (χ0v) is 18.0. The summed E-state index contributed by atoms with van der Waals surface area (Å²) in [5.41, 5.74) is 2.38. The Labute approximate surface area is 174 Å². The van der Waals surface area contributed by atoms with Crippen LogP contribution >= 0.6 is 0 Å². The highest BCUT2D eigenvalue weighted by Crippen LogP contribution is 2.28. The molecule has 1 aliphatic rings. The van der Waals surface area contributed by atoms with Crippen molar-refractivity contribution in [3.8, 4) is 0 Å². The lowest BCUT2D eigenvalue weighted by Crippen LogP contribution is -2.35. The summed E-state index contributed by atoms with van der Waals surface area (Å²) in [6.45, 7) is 5.06. The summed E-state index contributed by atoms with van der Waals surface area (Å²) in [7, 11) is -3.54. The van der Waals surface area contributed by atoms with Crippen molar-refractivity contribution in [3.63, 3.8) is 0 Å². The fraction of sp³-hybridized carbons (Fsp3) is 0.435. The summed E-state index contributed by atoms with van der Waals surface area (Å²) in [5, 5.41) is 2.99. The molecule has 1 aliphatic heterocycles. The average molecular weight is 415 g/mol. The van der Waals surface area contributed by atoms with Crippen molar-refractivity contribution >= 4 is 21.6 Å². The predicted molar refractivity (Wildman–Crippen MR) is 117 cm³/mol. The Morgan fingerprint density at radius 2 is 1.76 bits per heavy atom. The molecule has 0 bridgehead atoms. The van der Waals surface area contributed by atoms with Crippen LogP contribution in [0.5, 0.6) is 0 Å². The minimum atomic E-state index is -3.54. The number of amides is 1. The van der Waals surface area contributed by atoms with Gasteiger partial charge in [0.2, 0.25) is 15.9 Å². The van der Waals surface area contributed by atoms with Crippen LogP contribution < -0.4 is 5.32 Å². The first-order valence-electron chi connectivity index (χ1n) is 10.4. The summed E-state index contributed by atoms with van der Waals surface area (Å²) in [4.78, 5) is 13.3. The summed E-state index contributed by atoms with van der Waals surface area (Å²) >= 11 is 0. The quantitative estimate of drug-likeness (QED) is 0.715. The largest absolute Gasteiger partial charge is 0.325 e. The molecule has 1 fully saturated rings. The fourth-order valence-corrected chi connectivity index (χ4v) is 5.34. The lowest BCUT2D eigenvalue weighted by atomic mass is 9.93. The normalized spacial score (nSPS) is 16.3. The molecule has 0 aromatic heterocycles. The van der Waals surface area contributed by atoms with Gasteiger partial charge in [-0.2, -0.15) is 4.31 Å². The molecule has 2 aromatic rings. The van der Waals surface area contributed by atoms with Crippen molar-refractivity contribution < 1.29 is 13.2 Å². The van der Waals surface area contributed by atoms with Gasteiger partial charge in [-0.1, -0.05) is 56.2 Å². The van der Waals surface area contributed by atoms with E-state index in [4.69, 9.17) is 0 Å². The van der Waals surface area contributed by atoms with Crippen molar-refractivity contribution in [1.29, 1.82) is 0 Å². The van der Waals surface area contributed by atoms with Gasteiger partial charge in [0, 0.05) is 18.8 Å². The summed E-state index contributed by atoms with van der Waals surface area (Å²) in [6, 6.07) is 14.7. The summed E-state index contributed by atoms with van der Waals surface area (Å²) in [6.07, 6.45) is 4.48. The Bertz CT molecular complexity index is 936. The van der Waals surface area contributed by atoms with Crippen LogP contribution in [0.25, 0.3) is 0 Å². The number of carbonyl (C=O) groups is 1. The standard InChI is InChI=1S/C23H30N2O3S/c1-3-10-21(19-11-6-4-7-12-19)23(26)24-22-17-20(14-13-18(22)2)29(27,28)25-15-8-5-9-16-25/h4,6-7,11-14,17,21H,3,5,8-10,15-16H2,1-2H3,(H,24,26)/t21-/m1/s1. The molecule has 3 rings (SSSR count). The SMILES string of the molecule is CCC[C@@H](C(=O)Nc1cc(S(=O)(=O)N2CCCCC2)ccc1C)c1ccccc1. The third-order valence-corrected chi connectivity index (χ3v) is 7.41. The van der Waals surface area contributed by atoms with Gasteiger partial charge in [0.25, 0.3) is 0 Å². The van der Waals surface area contributed by atoms with Crippen LogP contribution in [0.15, 0.2) is 53.4 Å². The number of benzene rings is 2. The van der Waals surface area contributed by atoms with Crippen molar-refractivity contribution in [3.05, 3.63) is 59.7 Å². The number of rotatable bonds is 7. The number of carbonyl (C=O) groups excluding carboxylic acids is 1. The molecule has 156 valence electrons. The van der Waals surface area contributed by atoms with Gasteiger partial charge < -0.3 is 5.32 Å². The van der Waals surface area contributed by atoms with Crippen molar-refractivity contribution in [2.24, 2.45) is 0 Å². The molecule has 2 aromatic carbocycles. The Hall–Kier alpha value is -2.18. The second-order valence-electron chi connectivity index (χ2n) is 7.68. The Morgan fingerprint density at radius 3 is 2.41 bits per heavy atom. The van der Waals surface area contributed by atoms with E-state index in [9.17, 15) is 13.2 Å². The lowest BCUT2D eigenvalue weighted by molar-refractivity contribution is -0.117. The van der Waals surface area contributed by atoms with E-state index in [1.165, 1.54) is 0 Å². The van der Waals surface area contributed by atoms with Crippen molar-refractivity contribution in [2.45, 2.75) is 56.8 Å². The van der Waals surface area contributed by atoms with Crippen LogP contribution in [0.4, 0.5) is 5.69 Å². The van der Waals surface area contributed by atoms with Crippen LogP contribution in [0.1, 0.15) is 56.1 Å². The van der Waals surface area contributed by atoms with Crippen LogP contribution in [0.3, 0.4) is 0 Å². The van der Waals surface area contributed by atoms with Gasteiger partial charge in [0.15, 0.2) is 0 Å². The second kappa shape index (κ2) is 9.55. The maximum atomic E-state index is 13.0. The number of aryl methyl sites for hydroxylation is 1. The second-order valence-corrected chi connectivity index (χ2v) is 9.62. The van der Waals surface area contributed by atoms with E-state index in [1.807, 2.05) is 37.3 Å². The first kappa shape index (κ1) is 21.5. The molecule has 29 heavy (non-hydrogen) atoms. The minimum absolute atomic E-state index is 0.103. The molecule has 1 saturated heterocycles. The molecule has 0 saturated carbocycles. The van der Waals surface area contributed by atoms with Crippen molar-refractivity contribution in [2.75, 3.05) is 18.4 Å². The number of nitrogens with zero attached hydrogens (tertiary/aromatic N) is 1. The first-order chi connectivity index (χ1) is 13.9. The van der Waals surface area contributed by atoms with Gasteiger partial charge in [0.05, 0.1) is 10.8 Å². The third kappa shape index (κ3) is 5.06. The molecule has 1 heterocycles. The molecule has 0 unspecified atom stereocenters. The van der Waals surface area contributed by atoms with E-state index in [0.717, 1.165) is 43.2 Å². The van der Waals surface area contributed by atoms with Crippen LogP contribution in [0, 0.1) is 6.92 Å². The fourth-order valence-electron chi connectivity index (χ4n) is 3.79. The van der Waals surface area contributed by atoms with Gasteiger partial charge >= 0.3 is 0 Å². The number of hydrogen-bond donors (Lipinski definition) is 1. The van der Waals surface area contributed by atoms with Crippen LogP contribution in [0.2, 0.25) is 0 Å².